The van der Waals surface area contributed by atoms with Crippen LogP contribution in [0.25, 0.3) is 0 Å². The molecule has 2 amide bonds. The average Bonchev–Trinajstić information content (AvgIpc) is 3.39. The highest BCUT2D eigenvalue weighted by molar-refractivity contribution is 8.00. The third-order valence-electron chi connectivity index (χ3n) is 6.49. The van der Waals surface area contributed by atoms with Crippen LogP contribution in [-0.2, 0) is 14.4 Å². The van der Waals surface area contributed by atoms with Crippen molar-refractivity contribution in [1.82, 2.24) is 19.6 Å². The summed E-state index contributed by atoms with van der Waals surface area (Å²) in [5.41, 5.74) is 8.35. The third kappa shape index (κ3) is 4.10. The molecule has 0 bridgehead atoms. The highest BCUT2D eigenvalue weighted by atomic mass is 32.2. The molecule has 184 valence electrons. The van der Waals surface area contributed by atoms with Gasteiger partial charge in [0, 0.05) is 34.0 Å². The zero-order chi connectivity index (χ0) is 24.9. The first-order chi connectivity index (χ1) is 16.7. The molecule has 1 aromatic heterocycles. The molecule has 5 rings (SSSR count). The largest absolute Gasteiger partial charge is 0.477 e. The van der Waals surface area contributed by atoms with Gasteiger partial charge in [-0.1, -0.05) is 5.16 Å². The molecular formula is C21H24N7O5S2+. The Morgan fingerprint density at radius 2 is 2.00 bits per heavy atom. The van der Waals surface area contributed by atoms with Crippen LogP contribution in [0.3, 0.4) is 0 Å². The molecule has 2 fully saturated rings. The van der Waals surface area contributed by atoms with E-state index in [9.17, 15) is 24.7 Å². The van der Waals surface area contributed by atoms with Crippen LogP contribution in [0.4, 0.5) is 5.13 Å². The zero-order valence-corrected chi connectivity index (χ0v) is 20.4. The smallest absolute Gasteiger partial charge is 0.352 e. The van der Waals surface area contributed by atoms with E-state index in [0.29, 0.717) is 22.4 Å². The van der Waals surface area contributed by atoms with Crippen molar-refractivity contribution in [2.45, 2.75) is 37.1 Å². The minimum atomic E-state index is -1.17. The van der Waals surface area contributed by atoms with Gasteiger partial charge in [0.25, 0.3) is 11.8 Å². The number of carbonyl (C=O) groups excluding carboxylic acids is 2. The Hall–Kier alpha value is -3.23. The van der Waals surface area contributed by atoms with Crippen molar-refractivity contribution in [2.24, 2.45) is 5.16 Å². The van der Waals surface area contributed by atoms with E-state index in [1.165, 1.54) is 27.8 Å². The number of amides is 2. The molecule has 0 spiro atoms. The lowest BCUT2D eigenvalue weighted by Crippen LogP contribution is -2.71. The lowest BCUT2D eigenvalue weighted by molar-refractivity contribution is -0.799. The number of nitrogen functional groups attached to an aromatic ring is 1. The molecular weight excluding hydrogens is 494 g/mol. The maximum atomic E-state index is 13.0. The maximum absolute atomic E-state index is 13.0. The van der Waals surface area contributed by atoms with Crippen LogP contribution in [0.2, 0.25) is 0 Å². The molecule has 3 aliphatic heterocycles. The molecule has 1 aliphatic carbocycles. The van der Waals surface area contributed by atoms with Crippen LogP contribution in [0, 0.1) is 0 Å². The van der Waals surface area contributed by atoms with Gasteiger partial charge in [-0.05, 0) is 25.7 Å². The minimum Gasteiger partial charge on any atom is -0.477 e. The second kappa shape index (κ2) is 8.77. The molecule has 1 saturated heterocycles. The highest BCUT2D eigenvalue weighted by Gasteiger charge is 2.55. The number of nitrogens with two attached hydrogens (primary N) is 1. The number of allylic oxidation sites excluding steroid dienone is 2. The van der Waals surface area contributed by atoms with Gasteiger partial charge in [-0.2, -0.15) is 9.36 Å². The van der Waals surface area contributed by atoms with E-state index in [-0.39, 0.29) is 16.7 Å². The Morgan fingerprint density at radius 1 is 1.31 bits per heavy atom. The van der Waals surface area contributed by atoms with Gasteiger partial charge >= 0.3 is 5.97 Å². The number of nitrogens with one attached hydrogen (secondary N) is 1. The van der Waals surface area contributed by atoms with Crippen molar-refractivity contribution in [1.29, 1.82) is 0 Å². The molecule has 5 N–H and O–H groups in total. The molecule has 1 saturated carbocycles. The summed E-state index contributed by atoms with van der Waals surface area (Å²) in [7, 11) is 2.04. The summed E-state index contributed by atoms with van der Waals surface area (Å²) >= 11 is 2.22. The SMILES string of the molecule is C[N+]1(CC2=C(C(=O)O)N3C(=O)[C@@H](NC(=O)/C(=N\O)c4nsc(N)n4)[C@H]3SC2)C=C2CCCCC2=C1. The molecule has 14 heteroatoms. The summed E-state index contributed by atoms with van der Waals surface area (Å²) in [6.45, 7) is 0.452. The number of carbonyl (C=O) groups is 3. The summed E-state index contributed by atoms with van der Waals surface area (Å²) in [6.07, 6.45) is 8.77. The van der Waals surface area contributed by atoms with E-state index in [1.807, 2.05) is 7.05 Å². The van der Waals surface area contributed by atoms with Crippen LogP contribution in [0.1, 0.15) is 31.5 Å². The second-order valence-corrected chi connectivity index (χ2v) is 10.9. The van der Waals surface area contributed by atoms with Gasteiger partial charge in [-0.15, -0.1) is 11.8 Å². The normalized spacial score (nSPS) is 25.3. The fourth-order valence-electron chi connectivity index (χ4n) is 5.04. The number of aromatic nitrogens is 2. The molecule has 2 atom stereocenters. The van der Waals surface area contributed by atoms with Gasteiger partial charge in [-0.25, -0.2) is 4.79 Å². The molecule has 12 nitrogen and oxygen atoms in total. The molecule has 4 aliphatic rings. The Kier molecular flexibility index (Phi) is 5.89. The topological polar surface area (TPSA) is 171 Å². The van der Waals surface area contributed by atoms with Gasteiger partial charge in [-0.3, -0.25) is 19.0 Å². The Labute approximate surface area is 208 Å². The number of hydrogen-bond donors (Lipinski definition) is 4. The monoisotopic (exact) mass is 518 g/mol. The molecule has 0 radical (unpaired) electrons. The van der Waals surface area contributed by atoms with Crippen LogP contribution in [-0.4, -0.2) is 83.3 Å². The Bertz CT molecular complexity index is 1230. The summed E-state index contributed by atoms with van der Waals surface area (Å²) in [6, 6.07) is -0.972. The zero-order valence-electron chi connectivity index (χ0n) is 18.8. The number of fused-ring (bicyclic) bond motifs is 2. The number of hydrogen-bond acceptors (Lipinski definition) is 10. The molecule has 4 heterocycles. The standard InChI is InChI=1S/C21H23N7O5S2/c1-28(6-10-4-2-3-5-11(10)7-28)8-12-9-34-19-14(18(30)27(19)15(12)20(31)32)23-17(29)13(25-33)16-24-21(22)35-26-16/h6-7,14,19H,2-5,8-9H2,1H3,(H4-,22,23,24,26,29,31,32,33)/p+1/t14-,19-/m1/s1. The lowest BCUT2D eigenvalue weighted by Gasteiger charge is -2.49. The number of nitrogens with zero attached hydrogens (tertiary/aromatic N) is 5. The first-order valence-corrected chi connectivity index (χ1v) is 12.8. The molecule has 0 unspecified atom stereocenters. The number of rotatable bonds is 6. The van der Waals surface area contributed by atoms with Gasteiger partial charge < -0.3 is 21.4 Å². The lowest BCUT2D eigenvalue weighted by atomic mass is 9.92. The fourth-order valence-corrected chi connectivity index (χ4v) is 6.81. The highest BCUT2D eigenvalue weighted by Crippen LogP contribution is 2.42. The van der Waals surface area contributed by atoms with Gasteiger partial charge in [0.15, 0.2) is 5.13 Å². The second-order valence-electron chi connectivity index (χ2n) is 9.04. The number of aliphatic carboxylic acids is 1. The van der Waals surface area contributed by atoms with Crippen LogP contribution in [0.15, 0.2) is 40.0 Å². The van der Waals surface area contributed by atoms with E-state index in [2.05, 4.69) is 32.2 Å². The summed E-state index contributed by atoms with van der Waals surface area (Å²) in [5.74, 6) is -2.32. The molecule has 0 aromatic carbocycles. The van der Waals surface area contributed by atoms with Crippen molar-refractivity contribution < 1.29 is 29.2 Å². The van der Waals surface area contributed by atoms with Gasteiger partial charge in [0.1, 0.15) is 36.1 Å². The third-order valence-corrected chi connectivity index (χ3v) is 8.37. The number of oxime groups is 1. The molecule has 35 heavy (non-hydrogen) atoms. The van der Waals surface area contributed by atoms with E-state index in [4.69, 9.17) is 5.73 Å². The Balaban J connectivity index is 1.34. The number of β-lactam (4-membered cyclic amide) rings is 1. The quantitative estimate of drug-likeness (QED) is 0.140. The van der Waals surface area contributed by atoms with Crippen LogP contribution < -0.4 is 11.1 Å². The number of likely N-dealkylation sites (N-methyl/N-ethyl adjacent to an activating group) is 1. The fraction of sp³-hybridized carbons (Fsp3) is 0.429. The van der Waals surface area contributed by atoms with Crippen molar-refractivity contribution in [3.05, 3.63) is 40.6 Å². The first-order valence-electron chi connectivity index (χ1n) is 11.0. The van der Waals surface area contributed by atoms with E-state index < -0.39 is 34.9 Å². The minimum absolute atomic E-state index is 0.0275. The van der Waals surface area contributed by atoms with Crippen LogP contribution in [0.5, 0.6) is 0 Å². The van der Waals surface area contributed by atoms with E-state index >= 15 is 0 Å². The van der Waals surface area contributed by atoms with Crippen molar-refractivity contribution in [3.8, 4) is 0 Å². The van der Waals surface area contributed by atoms with Gasteiger partial charge in [0.05, 0.1) is 7.05 Å². The number of carboxylic acid groups (broad SMARTS) is 1. The number of quaternary nitrogens is 1. The predicted molar refractivity (Wildman–Crippen MR) is 128 cm³/mol. The summed E-state index contributed by atoms with van der Waals surface area (Å²) < 4.78 is 4.32. The van der Waals surface area contributed by atoms with E-state index in [1.54, 1.807) is 0 Å². The average molecular weight is 519 g/mol. The van der Waals surface area contributed by atoms with Crippen molar-refractivity contribution >= 4 is 51.9 Å². The van der Waals surface area contributed by atoms with E-state index in [0.717, 1.165) is 37.2 Å². The Morgan fingerprint density at radius 3 is 2.57 bits per heavy atom. The van der Waals surface area contributed by atoms with Crippen LogP contribution >= 0.6 is 23.3 Å². The summed E-state index contributed by atoms with van der Waals surface area (Å²) in [4.78, 5) is 42.9. The van der Waals surface area contributed by atoms with Crippen molar-refractivity contribution in [3.63, 3.8) is 0 Å². The number of anilines is 1. The summed E-state index contributed by atoms with van der Waals surface area (Å²) in [5, 5.41) is 24.2. The van der Waals surface area contributed by atoms with Crippen molar-refractivity contribution in [2.75, 3.05) is 25.1 Å². The molecule has 1 aromatic rings. The van der Waals surface area contributed by atoms with Gasteiger partial charge in [0.2, 0.25) is 11.5 Å². The number of carboxylic acids is 1. The first kappa shape index (κ1) is 23.5. The predicted octanol–water partition coefficient (Wildman–Crippen LogP) is 0.839. The maximum Gasteiger partial charge on any atom is 0.352 e. The number of thioether (sulfide) groups is 1.